The number of ether oxygens (including phenoxy) is 2. The molecule has 2 rings (SSSR count). The summed E-state index contributed by atoms with van der Waals surface area (Å²) in [6.45, 7) is 8.50. The molecule has 0 aromatic heterocycles. The van der Waals surface area contributed by atoms with E-state index >= 15 is 0 Å². The van der Waals surface area contributed by atoms with Crippen molar-refractivity contribution in [2.24, 2.45) is 0 Å². The first-order chi connectivity index (χ1) is 13.5. The molecule has 0 fully saturated rings. The van der Waals surface area contributed by atoms with Gasteiger partial charge in [-0.25, -0.2) is 9.59 Å². The van der Waals surface area contributed by atoms with Crippen molar-refractivity contribution in [3.63, 3.8) is 0 Å². The highest BCUT2D eigenvalue weighted by molar-refractivity contribution is 5.95. The zero-order valence-electron chi connectivity index (χ0n) is 17.3. The molecule has 1 heterocycles. The Morgan fingerprint density at radius 3 is 2.39 bits per heavy atom. The maximum atomic E-state index is 12.8. The van der Waals surface area contributed by atoms with Crippen LogP contribution in [0.15, 0.2) is 35.5 Å². The normalized spacial score (nSPS) is 16.6. The second kappa shape index (κ2) is 10.7. The molecule has 0 saturated heterocycles. The van der Waals surface area contributed by atoms with E-state index < -0.39 is 12.0 Å². The minimum atomic E-state index is -0.545. The van der Waals surface area contributed by atoms with Crippen LogP contribution in [0.4, 0.5) is 4.79 Å². The Balaban J connectivity index is 2.32. The molecule has 1 aromatic carbocycles. The van der Waals surface area contributed by atoms with Crippen LogP contribution in [0.5, 0.6) is 5.75 Å². The summed E-state index contributed by atoms with van der Waals surface area (Å²) in [5, 5.41) is 5.67. The molecule has 0 spiro atoms. The van der Waals surface area contributed by atoms with Gasteiger partial charge in [0, 0.05) is 5.70 Å². The quantitative estimate of drug-likeness (QED) is 0.453. The average molecular weight is 389 g/mol. The number of allylic oxidation sites excluding steroid dienone is 1. The topological polar surface area (TPSA) is 76.7 Å². The van der Waals surface area contributed by atoms with Crippen LogP contribution in [-0.4, -0.2) is 24.7 Å². The number of rotatable bonds is 10. The molecule has 0 radical (unpaired) electrons. The fraction of sp³-hybridized carbons (Fsp3) is 0.545. The fourth-order valence-corrected chi connectivity index (χ4v) is 3.03. The van der Waals surface area contributed by atoms with E-state index in [1.807, 2.05) is 38.1 Å². The zero-order chi connectivity index (χ0) is 20.5. The summed E-state index contributed by atoms with van der Waals surface area (Å²) < 4.78 is 11.2. The van der Waals surface area contributed by atoms with Crippen molar-refractivity contribution >= 4 is 12.0 Å². The van der Waals surface area contributed by atoms with Crippen LogP contribution >= 0.6 is 0 Å². The molecule has 2 N–H and O–H groups in total. The van der Waals surface area contributed by atoms with Crippen molar-refractivity contribution in [1.82, 2.24) is 10.6 Å². The lowest BCUT2D eigenvalue weighted by molar-refractivity contribution is -0.143. The Morgan fingerprint density at radius 1 is 1.11 bits per heavy atom. The van der Waals surface area contributed by atoms with Gasteiger partial charge in [0.2, 0.25) is 0 Å². The molecular weight excluding hydrogens is 356 g/mol. The number of hydrogen-bond donors (Lipinski definition) is 2. The Hall–Kier alpha value is -2.50. The van der Waals surface area contributed by atoms with Gasteiger partial charge >= 0.3 is 12.0 Å². The number of carbonyl (C=O) groups is 2. The summed E-state index contributed by atoms with van der Waals surface area (Å²) in [7, 11) is 0. The Bertz CT molecular complexity index is 695. The van der Waals surface area contributed by atoms with Gasteiger partial charge in [0.05, 0.1) is 24.3 Å². The molecule has 154 valence electrons. The van der Waals surface area contributed by atoms with Gasteiger partial charge in [0.1, 0.15) is 5.75 Å². The number of benzene rings is 1. The number of urea groups is 1. The number of esters is 1. The highest BCUT2D eigenvalue weighted by Gasteiger charge is 2.33. The van der Waals surface area contributed by atoms with Crippen LogP contribution in [0.1, 0.15) is 71.4 Å². The third-order valence-electron chi connectivity index (χ3n) is 4.48. The van der Waals surface area contributed by atoms with Crippen LogP contribution in [0.25, 0.3) is 0 Å². The van der Waals surface area contributed by atoms with Crippen LogP contribution < -0.4 is 15.4 Å². The van der Waals surface area contributed by atoms with Gasteiger partial charge in [0.15, 0.2) is 0 Å². The zero-order valence-corrected chi connectivity index (χ0v) is 17.3. The van der Waals surface area contributed by atoms with Gasteiger partial charge in [-0.3, -0.25) is 0 Å². The number of amides is 2. The van der Waals surface area contributed by atoms with E-state index in [1.165, 1.54) is 0 Å². The number of hydrogen-bond acceptors (Lipinski definition) is 4. The van der Waals surface area contributed by atoms with Gasteiger partial charge in [0.25, 0.3) is 0 Å². The van der Waals surface area contributed by atoms with Crippen molar-refractivity contribution in [2.75, 3.05) is 6.61 Å². The third kappa shape index (κ3) is 6.01. The smallest absolute Gasteiger partial charge is 0.338 e. The van der Waals surface area contributed by atoms with Crippen LogP contribution in [0.3, 0.4) is 0 Å². The number of unbranched alkanes of at least 4 members (excludes halogenated alkanes) is 2. The van der Waals surface area contributed by atoms with Crippen LogP contribution in [0, 0.1) is 0 Å². The Labute approximate surface area is 167 Å². The maximum absolute atomic E-state index is 12.8. The minimum absolute atomic E-state index is 0.236. The van der Waals surface area contributed by atoms with Gasteiger partial charge in [-0.05, 0) is 50.8 Å². The molecule has 0 saturated carbocycles. The summed E-state index contributed by atoms with van der Waals surface area (Å²) in [6, 6.07) is 6.67. The number of nitrogens with one attached hydrogen (secondary N) is 2. The van der Waals surface area contributed by atoms with Crippen LogP contribution in [0.2, 0.25) is 0 Å². The summed E-state index contributed by atoms with van der Waals surface area (Å²) in [5.41, 5.74) is 1.94. The highest BCUT2D eigenvalue weighted by atomic mass is 16.5. The standard InChI is InChI=1S/C22H32N2O4/c1-5-7-9-18-19(21(25)28-15(3)4)20(24-22(26)23-18)16-10-12-17(13-11-16)27-14-8-6-2/h10-13,15,20H,5-9,14H2,1-4H3,(H2,23,24,26). The van der Waals surface area contributed by atoms with Gasteiger partial charge in [-0.1, -0.05) is 38.8 Å². The maximum Gasteiger partial charge on any atom is 0.338 e. The van der Waals surface area contributed by atoms with Crippen molar-refractivity contribution in [2.45, 2.75) is 71.9 Å². The largest absolute Gasteiger partial charge is 0.494 e. The van der Waals surface area contributed by atoms with E-state index in [1.54, 1.807) is 0 Å². The van der Waals surface area contributed by atoms with Crippen molar-refractivity contribution in [3.05, 3.63) is 41.1 Å². The molecule has 28 heavy (non-hydrogen) atoms. The molecule has 1 aliphatic rings. The van der Waals surface area contributed by atoms with E-state index in [-0.39, 0.29) is 12.1 Å². The van der Waals surface area contributed by atoms with E-state index in [9.17, 15) is 9.59 Å². The SMILES string of the molecule is CCCCOc1ccc(C2NC(=O)NC(CCCC)=C2C(=O)OC(C)C)cc1. The fourth-order valence-electron chi connectivity index (χ4n) is 3.03. The molecule has 0 bridgehead atoms. The summed E-state index contributed by atoms with van der Waals surface area (Å²) in [6.07, 6.45) is 4.31. The minimum Gasteiger partial charge on any atom is -0.494 e. The molecule has 1 atom stereocenters. The summed E-state index contributed by atoms with van der Waals surface area (Å²) in [4.78, 5) is 25.0. The molecular formula is C22H32N2O4. The molecule has 2 amide bonds. The molecule has 1 aromatic rings. The van der Waals surface area contributed by atoms with Crippen molar-refractivity contribution in [3.8, 4) is 5.75 Å². The monoisotopic (exact) mass is 388 g/mol. The predicted octanol–water partition coefficient (Wildman–Crippen LogP) is 4.62. The molecule has 0 aliphatic carbocycles. The van der Waals surface area contributed by atoms with Gasteiger partial charge in [-0.15, -0.1) is 0 Å². The van der Waals surface area contributed by atoms with Gasteiger partial charge in [-0.2, -0.15) is 0 Å². The van der Waals surface area contributed by atoms with Crippen molar-refractivity contribution in [1.29, 1.82) is 0 Å². The number of carbonyl (C=O) groups excluding carboxylic acids is 2. The predicted molar refractivity (Wildman–Crippen MR) is 109 cm³/mol. The summed E-state index contributed by atoms with van der Waals surface area (Å²) in [5.74, 6) is 0.376. The highest BCUT2D eigenvalue weighted by Crippen LogP contribution is 2.31. The first-order valence-corrected chi connectivity index (χ1v) is 10.2. The molecule has 1 unspecified atom stereocenters. The second-order valence-corrected chi connectivity index (χ2v) is 7.25. The van der Waals surface area contributed by atoms with E-state index in [2.05, 4.69) is 24.5 Å². The third-order valence-corrected chi connectivity index (χ3v) is 4.48. The lowest BCUT2D eigenvalue weighted by Crippen LogP contribution is -2.46. The van der Waals surface area contributed by atoms with Crippen LogP contribution in [-0.2, 0) is 9.53 Å². The average Bonchev–Trinajstić information content (AvgIpc) is 2.66. The van der Waals surface area contributed by atoms with E-state index in [4.69, 9.17) is 9.47 Å². The molecule has 6 nitrogen and oxygen atoms in total. The van der Waals surface area contributed by atoms with Crippen molar-refractivity contribution < 1.29 is 19.1 Å². The summed E-state index contributed by atoms with van der Waals surface area (Å²) >= 11 is 0. The lowest BCUT2D eigenvalue weighted by atomic mass is 9.93. The first-order valence-electron chi connectivity index (χ1n) is 10.2. The van der Waals surface area contributed by atoms with E-state index in [0.29, 0.717) is 24.3 Å². The molecule has 6 heteroatoms. The first kappa shape index (κ1) is 21.8. The Morgan fingerprint density at radius 2 is 1.79 bits per heavy atom. The van der Waals surface area contributed by atoms with Gasteiger partial charge < -0.3 is 20.1 Å². The molecule has 1 aliphatic heterocycles. The lowest BCUT2D eigenvalue weighted by Gasteiger charge is -2.30. The Kier molecular flexibility index (Phi) is 8.36. The van der Waals surface area contributed by atoms with E-state index in [0.717, 1.165) is 37.0 Å². The second-order valence-electron chi connectivity index (χ2n) is 7.25.